The Balaban J connectivity index is 1.78. The number of ether oxygens (including phenoxy) is 1. The number of H-pyrrole nitrogens is 2. The molecule has 6 nitrogen and oxygen atoms in total. The Morgan fingerprint density at radius 1 is 1.16 bits per heavy atom. The van der Waals surface area contributed by atoms with Crippen LogP contribution < -0.4 is 4.74 Å². The molecule has 1 aliphatic rings. The zero-order valence-electron chi connectivity index (χ0n) is 13.8. The first-order valence-corrected chi connectivity index (χ1v) is 8.38. The molecular formula is C19H17N5O. The number of benzene rings is 1. The Labute approximate surface area is 144 Å². The number of rotatable bonds is 3. The van der Waals surface area contributed by atoms with Gasteiger partial charge in [0.1, 0.15) is 22.7 Å². The number of nitrogens with zero attached hydrogens (tertiary/aromatic N) is 3. The van der Waals surface area contributed by atoms with Crippen molar-refractivity contribution in [3.63, 3.8) is 0 Å². The van der Waals surface area contributed by atoms with Gasteiger partial charge >= 0.3 is 0 Å². The smallest absolute Gasteiger partial charge is 0.147 e. The number of hydrogen-bond donors (Lipinski definition) is 2. The van der Waals surface area contributed by atoms with Gasteiger partial charge in [0.05, 0.1) is 18.8 Å². The molecule has 5 rings (SSSR count). The predicted molar refractivity (Wildman–Crippen MR) is 95.5 cm³/mol. The summed E-state index contributed by atoms with van der Waals surface area (Å²) in [6.45, 7) is 0. The van der Waals surface area contributed by atoms with Gasteiger partial charge in [0.15, 0.2) is 0 Å². The molecule has 4 aromatic rings. The van der Waals surface area contributed by atoms with Crippen molar-refractivity contribution in [1.82, 2.24) is 25.4 Å². The van der Waals surface area contributed by atoms with Crippen molar-refractivity contribution in [2.45, 2.75) is 19.3 Å². The van der Waals surface area contributed by atoms with Crippen molar-refractivity contribution in [3.05, 3.63) is 47.8 Å². The van der Waals surface area contributed by atoms with Gasteiger partial charge in [-0.2, -0.15) is 10.2 Å². The number of pyridine rings is 1. The van der Waals surface area contributed by atoms with E-state index in [1.54, 1.807) is 13.3 Å². The Morgan fingerprint density at radius 2 is 2.12 bits per heavy atom. The fraction of sp³-hybridized carbons (Fsp3) is 0.211. The molecule has 0 radical (unpaired) electrons. The van der Waals surface area contributed by atoms with E-state index in [2.05, 4.69) is 38.6 Å². The van der Waals surface area contributed by atoms with Crippen LogP contribution in [0.25, 0.3) is 33.5 Å². The molecule has 0 fully saturated rings. The van der Waals surface area contributed by atoms with Crippen LogP contribution in [0.4, 0.5) is 0 Å². The van der Waals surface area contributed by atoms with E-state index in [9.17, 15) is 0 Å². The highest BCUT2D eigenvalue weighted by molar-refractivity contribution is 5.92. The molecule has 0 spiro atoms. The third-order valence-corrected chi connectivity index (χ3v) is 4.89. The number of methoxy groups -OCH3 is 1. The van der Waals surface area contributed by atoms with E-state index in [0.29, 0.717) is 0 Å². The lowest BCUT2D eigenvalue weighted by molar-refractivity contribution is 0.415. The highest BCUT2D eigenvalue weighted by Gasteiger charge is 2.21. The van der Waals surface area contributed by atoms with Gasteiger partial charge < -0.3 is 4.74 Å². The maximum absolute atomic E-state index is 5.64. The van der Waals surface area contributed by atoms with Crippen molar-refractivity contribution in [1.29, 1.82) is 0 Å². The van der Waals surface area contributed by atoms with Gasteiger partial charge in [-0.05, 0) is 30.4 Å². The lowest BCUT2D eigenvalue weighted by Gasteiger charge is -2.12. The van der Waals surface area contributed by atoms with Crippen LogP contribution in [0.5, 0.6) is 5.75 Å². The highest BCUT2D eigenvalue weighted by atomic mass is 16.5. The lowest BCUT2D eigenvalue weighted by atomic mass is 9.99. The summed E-state index contributed by atoms with van der Waals surface area (Å²) in [7, 11) is 1.68. The van der Waals surface area contributed by atoms with E-state index in [1.165, 1.54) is 17.5 Å². The molecular weight excluding hydrogens is 314 g/mol. The summed E-state index contributed by atoms with van der Waals surface area (Å²) < 4.78 is 5.64. The average molecular weight is 331 g/mol. The summed E-state index contributed by atoms with van der Waals surface area (Å²) in [5.41, 5.74) is 8.23. The van der Waals surface area contributed by atoms with Crippen LogP contribution in [0.2, 0.25) is 0 Å². The largest absolute Gasteiger partial charge is 0.494 e. The minimum Gasteiger partial charge on any atom is -0.494 e. The normalized spacial score (nSPS) is 13.3. The Kier molecular flexibility index (Phi) is 3.09. The monoisotopic (exact) mass is 331 g/mol. The Hall–Kier alpha value is -3.15. The van der Waals surface area contributed by atoms with Crippen LogP contribution in [-0.4, -0.2) is 32.5 Å². The molecule has 0 saturated carbocycles. The van der Waals surface area contributed by atoms with Gasteiger partial charge in [0, 0.05) is 23.4 Å². The molecule has 0 atom stereocenters. The molecule has 0 saturated heterocycles. The standard InChI is InChI=1S/C19H17N5O/c1-25-16-8-15-19(17(24-23-15)12-9-20-21-10-12)22-18(16)14-7-3-5-11-4-2-6-13(11)14/h3,5,7-10H,2,4,6H2,1H3,(H,20,21)(H,23,24). The van der Waals surface area contributed by atoms with Crippen molar-refractivity contribution >= 4 is 11.0 Å². The van der Waals surface area contributed by atoms with Gasteiger partial charge in [-0.15, -0.1) is 0 Å². The summed E-state index contributed by atoms with van der Waals surface area (Å²) in [6, 6.07) is 8.43. The third-order valence-electron chi connectivity index (χ3n) is 4.89. The van der Waals surface area contributed by atoms with Gasteiger partial charge in [-0.1, -0.05) is 18.2 Å². The minimum absolute atomic E-state index is 0.759. The zero-order chi connectivity index (χ0) is 16.8. The molecule has 3 heterocycles. The molecule has 1 aliphatic carbocycles. The van der Waals surface area contributed by atoms with E-state index in [1.807, 2.05) is 12.3 Å². The first-order valence-electron chi connectivity index (χ1n) is 8.38. The first-order chi connectivity index (χ1) is 12.3. The molecule has 3 aromatic heterocycles. The molecule has 0 aliphatic heterocycles. The molecule has 0 unspecified atom stereocenters. The van der Waals surface area contributed by atoms with E-state index in [0.717, 1.165) is 52.1 Å². The van der Waals surface area contributed by atoms with Crippen LogP contribution in [-0.2, 0) is 12.8 Å². The fourth-order valence-electron chi connectivity index (χ4n) is 3.70. The zero-order valence-corrected chi connectivity index (χ0v) is 13.8. The van der Waals surface area contributed by atoms with E-state index < -0.39 is 0 Å². The average Bonchev–Trinajstić information content (AvgIpc) is 3.38. The van der Waals surface area contributed by atoms with Gasteiger partial charge in [0.25, 0.3) is 0 Å². The van der Waals surface area contributed by atoms with Gasteiger partial charge in [-0.3, -0.25) is 10.2 Å². The number of hydrogen-bond acceptors (Lipinski definition) is 4. The summed E-state index contributed by atoms with van der Waals surface area (Å²) in [4.78, 5) is 4.95. The SMILES string of the molecule is COc1cc2[nH]nc(-c3cn[nH]c3)c2nc1-c1cccc2c1CCC2. The van der Waals surface area contributed by atoms with Crippen LogP contribution in [0, 0.1) is 0 Å². The molecule has 2 N–H and O–H groups in total. The van der Waals surface area contributed by atoms with E-state index in [-0.39, 0.29) is 0 Å². The number of fused-ring (bicyclic) bond motifs is 2. The number of nitrogens with one attached hydrogen (secondary N) is 2. The number of aryl methyl sites for hydroxylation is 1. The summed E-state index contributed by atoms with van der Waals surface area (Å²) in [5.74, 6) is 0.759. The summed E-state index contributed by atoms with van der Waals surface area (Å²) in [6.07, 6.45) is 7.00. The second-order valence-electron chi connectivity index (χ2n) is 6.29. The lowest BCUT2D eigenvalue weighted by Crippen LogP contribution is -1.96. The maximum atomic E-state index is 5.64. The second kappa shape index (κ2) is 5.44. The van der Waals surface area contributed by atoms with Crippen LogP contribution in [0.3, 0.4) is 0 Å². The molecule has 25 heavy (non-hydrogen) atoms. The minimum atomic E-state index is 0.759. The van der Waals surface area contributed by atoms with Crippen molar-refractivity contribution < 1.29 is 4.74 Å². The Bertz CT molecular complexity index is 1070. The number of aromatic amines is 2. The molecule has 0 amide bonds. The van der Waals surface area contributed by atoms with E-state index >= 15 is 0 Å². The van der Waals surface area contributed by atoms with Gasteiger partial charge in [0.2, 0.25) is 0 Å². The van der Waals surface area contributed by atoms with Gasteiger partial charge in [-0.25, -0.2) is 4.98 Å². The van der Waals surface area contributed by atoms with E-state index in [4.69, 9.17) is 9.72 Å². The Morgan fingerprint density at radius 3 is 2.96 bits per heavy atom. The van der Waals surface area contributed by atoms with Crippen LogP contribution >= 0.6 is 0 Å². The molecule has 1 aromatic carbocycles. The van der Waals surface area contributed by atoms with Crippen molar-refractivity contribution in [2.24, 2.45) is 0 Å². The molecule has 0 bridgehead atoms. The molecule has 124 valence electrons. The summed E-state index contributed by atoms with van der Waals surface area (Å²) >= 11 is 0. The fourth-order valence-corrected chi connectivity index (χ4v) is 3.70. The van der Waals surface area contributed by atoms with Crippen molar-refractivity contribution in [3.8, 4) is 28.3 Å². The first kappa shape index (κ1) is 14.2. The van der Waals surface area contributed by atoms with Crippen molar-refractivity contribution in [2.75, 3.05) is 7.11 Å². The topological polar surface area (TPSA) is 79.5 Å². The highest BCUT2D eigenvalue weighted by Crippen LogP contribution is 2.38. The second-order valence-corrected chi connectivity index (χ2v) is 6.29. The predicted octanol–water partition coefficient (Wildman–Crippen LogP) is 3.51. The third kappa shape index (κ3) is 2.14. The molecule has 6 heteroatoms. The quantitative estimate of drug-likeness (QED) is 0.602. The maximum Gasteiger partial charge on any atom is 0.147 e. The van der Waals surface area contributed by atoms with Crippen LogP contribution in [0.15, 0.2) is 36.7 Å². The summed E-state index contributed by atoms with van der Waals surface area (Å²) in [5, 5.41) is 14.3. The number of aromatic nitrogens is 5. The van der Waals surface area contributed by atoms with Crippen LogP contribution in [0.1, 0.15) is 17.5 Å².